The van der Waals surface area contributed by atoms with Crippen LogP contribution in [0.1, 0.15) is 87.3 Å². The zero-order chi connectivity index (χ0) is 33.1. The van der Waals surface area contributed by atoms with Crippen LogP contribution in [0.4, 0.5) is 13.2 Å². The third-order valence-electron chi connectivity index (χ3n) is 10.3. The minimum absolute atomic E-state index is 0.0454. The van der Waals surface area contributed by atoms with E-state index in [1.165, 1.54) is 6.07 Å². The van der Waals surface area contributed by atoms with E-state index in [1.807, 2.05) is 24.9 Å². The molecule has 0 aliphatic carbocycles. The molecule has 1 amide bonds. The molecule has 8 nitrogen and oxygen atoms in total. The summed E-state index contributed by atoms with van der Waals surface area (Å²) in [5, 5.41) is 4.78. The Morgan fingerprint density at radius 2 is 1.85 bits per heavy atom. The maximum absolute atomic E-state index is 15.2. The number of hydrogen-bond acceptors (Lipinski definition) is 6. The highest BCUT2D eigenvalue weighted by atomic mass is 35.5. The van der Waals surface area contributed by atoms with Gasteiger partial charge in [0, 0.05) is 56.0 Å². The minimum Gasteiger partial charge on any atom is -0.360 e. The largest absolute Gasteiger partial charge is 0.360 e. The summed E-state index contributed by atoms with van der Waals surface area (Å²) in [7, 11) is 1.87. The fourth-order valence-corrected chi connectivity index (χ4v) is 7.70. The first-order chi connectivity index (χ1) is 21.7. The maximum Gasteiger partial charge on any atom is 0.226 e. The Morgan fingerprint density at radius 1 is 1.13 bits per heavy atom. The zero-order valence-corrected chi connectivity index (χ0v) is 28.0. The average molecular weight is 659 g/mol. The van der Waals surface area contributed by atoms with Crippen molar-refractivity contribution in [2.75, 3.05) is 26.2 Å². The molecule has 4 atom stereocenters. The first kappa shape index (κ1) is 32.9. The monoisotopic (exact) mass is 658 g/mol. The van der Waals surface area contributed by atoms with Crippen LogP contribution in [0.15, 0.2) is 24.5 Å². The Labute approximate surface area is 273 Å². The van der Waals surface area contributed by atoms with Crippen LogP contribution in [-0.2, 0) is 28.6 Å². The minimum atomic E-state index is -1.50. The van der Waals surface area contributed by atoms with Gasteiger partial charge in [-0.25, -0.2) is 18.2 Å². The summed E-state index contributed by atoms with van der Waals surface area (Å²) in [6.07, 6.45) is 3.50. The van der Waals surface area contributed by atoms with Crippen LogP contribution in [0, 0.1) is 36.2 Å². The topological polar surface area (TPSA) is 76.4 Å². The number of fused-ring (bicyclic) bond motifs is 2. The van der Waals surface area contributed by atoms with Gasteiger partial charge in [-0.15, -0.1) is 0 Å². The lowest BCUT2D eigenvalue weighted by molar-refractivity contribution is -0.152. The van der Waals surface area contributed by atoms with Crippen LogP contribution < -0.4 is 0 Å². The number of halogens is 4. The van der Waals surface area contributed by atoms with E-state index in [-0.39, 0.29) is 29.0 Å². The highest BCUT2D eigenvalue weighted by Gasteiger charge is 2.51. The Balaban J connectivity index is 1.24. The standard InChI is InChI=1S/C34H42ClF3N6O2/c1-19(15-27-39-18-40-42(27)6)30-23-16-25(35)20(2)41-31(23)34(46-30)10-13-43(14-11-34)32(45)22-9-12-44(33(3,4)5)17-24(22)21-7-8-26(36)29(38)28(21)37/h7-8,16,18-19,22,24,30H,9-15,17H2,1-6H3/t19?,22-,24+,30-/m1/s1. The van der Waals surface area contributed by atoms with Gasteiger partial charge in [-0.1, -0.05) is 24.6 Å². The number of ether oxygens (including phenoxy) is 1. The van der Waals surface area contributed by atoms with Crippen molar-refractivity contribution in [1.29, 1.82) is 0 Å². The lowest BCUT2D eigenvalue weighted by Gasteiger charge is -2.47. The highest BCUT2D eigenvalue weighted by Crippen LogP contribution is 2.52. The molecule has 0 saturated carbocycles. The molecule has 1 unspecified atom stereocenters. The molecule has 12 heteroatoms. The number of carbonyl (C=O) groups is 1. The van der Waals surface area contributed by atoms with Gasteiger partial charge in [-0.3, -0.25) is 19.4 Å². The quantitative estimate of drug-likeness (QED) is 0.301. The Hall–Kier alpha value is -3.02. The normalized spacial score (nSPS) is 24.0. The number of nitrogens with zero attached hydrogens (tertiary/aromatic N) is 6. The highest BCUT2D eigenvalue weighted by molar-refractivity contribution is 6.31. The second-order valence-electron chi connectivity index (χ2n) is 14.2. The second-order valence-corrected chi connectivity index (χ2v) is 14.6. The summed E-state index contributed by atoms with van der Waals surface area (Å²) < 4.78 is 52.2. The number of aromatic nitrogens is 4. The molecule has 2 aromatic heterocycles. The Kier molecular flexibility index (Phi) is 8.73. The molecule has 0 N–H and O–H groups in total. The van der Waals surface area contributed by atoms with E-state index in [0.29, 0.717) is 56.9 Å². The molecule has 2 saturated heterocycles. The second kappa shape index (κ2) is 12.2. The molecule has 3 aliphatic heterocycles. The van der Waals surface area contributed by atoms with Crippen molar-refractivity contribution in [3.63, 3.8) is 0 Å². The summed E-state index contributed by atoms with van der Waals surface area (Å²) in [4.78, 5) is 27.6. The van der Waals surface area contributed by atoms with E-state index in [9.17, 15) is 13.6 Å². The van der Waals surface area contributed by atoms with E-state index in [4.69, 9.17) is 21.3 Å². The zero-order valence-electron chi connectivity index (χ0n) is 27.3. The lowest BCUT2D eigenvalue weighted by atomic mass is 9.77. The molecule has 6 rings (SSSR count). The molecule has 5 heterocycles. The van der Waals surface area contributed by atoms with Crippen molar-refractivity contribution in [2.45, 2.75) is 83.5 Å². The van der Waals surface area contributed by atoms with Gasteiger partial charge >= 0.3 is 0 Å². The fourth-order valence-electron chi connectivity index (χ4n) is 7.54. The number of piperidine rings is 2. The number of rotatable bonds is 5. The van der Waals surface area contributed by atoms with E-state index < -0.39 is 34.9 Å². The van der Waals surface area contributed by atoms with Gasteiger partial charge in [0.25, 0.3) is 0 Å². The van der Waals surface area contributed by atoms with Crippen molar-refractivity contribution in [3.8, 4) is 0 Å². The first-order valence-corrected chi connectivity index (χ1v) is 16.4. The van der Waals surface area contributed by atoms with Crippen LogP contribution in [0.5, 0.6) is 0 Å². The molecule has 3 aromatic rings. The molecular formula is C34H42ClF3N6O2. The Bertz CT molecular complexity index is 1630. The summed E-state index contributed by atoms with van der Waals surface area (Å²) in [6.45, 7) is 12.0. The van der Waals surface area contributed by atoms with Crippen molar-refractivity contribution in [2.24, 2.45) is 18.9 Å². The summed E-state index contributed by atoms with van der Waals surface area (Å²) in [5.74, 6) is -4.32. The smallest absolute Gasteiger partial charge is 0.226 e. The summed E-state index contributed by atoms with van der Waals surface area (Å²) >= 11 is 6.57. The fraction of sp³-hybridized carbons (Fsp3) is 0.588. The van der Waals surface area contributed by atoms with Crippen molar-refractivity contribution in [3.05, 3.63) is 75.3 Å². The molecular weight excluding hydrogens is 617 g/mol. The van der Waals surface area contributed by atoms with Crippen LogP contribution >= 0.6 is 11.6 Å². The van der Waals surface area contributed by atoms with Crippen molar-refractivity contribution in [1.82, 2.24) is 29.5 Å². The summed E-state index contributed by atoms with van der Waals surface area (Å²) in [5.41, 5.74) is 1.70. The number of likely N-dealkylation sites (tertiary alicyclic amines) is 2. The predicted octanol–water partition coefficient (Wildman–Crippen LogP) is 6.26. The third kappa shape index (κ3) is 5.83. The number of aryl methyl sites for hydroxylation is 2. The number of pyridine rings is 1. The molecule has 248 valence electrons. The van der Waals surface area contributed by atoms with Gasteiger partial charge in [-0.05, 0) is 77.1 Å². The molecule has 46 heavy (non-hydrogen) atoms. The van der Waals surface area contributed by atoms with Crippen LogP contribution in [-0.4, -0.2) is 67.2 Å². The number of carbonyl (C=O) groups excluding carboxylic acids is 1. The van der Waals surface area contributed by atoms with Crippen molar-refractivity contribution < 1.29 is 22.7 Å². The van der Waals surface area contributed by atoms with Crippen LogP contribution in [0.2, 0.25) is 5.02 Å². The Morgan fingerprint density at radius 3 is 2.50 bits per heavy atom. The third-order valence-corrected chi connectivity index (χ3v) is 10.7. The maximum atomic E-state index is 15.2. The predicted molar refractivity (Wildman–Crippen MR) is 168 cm³/mol. The number of benzene rings is 1. The van der Waals surface area contributed by atoms with Gasteiger partial charge in [0.05, 0.1) is 22.5 Å². The molecule has 3 aliphatic rings. The molecule has 1 spiro atoms. The molecule has 0 radical (unpaired) electrons. The van der Waals surface area contributed by atoms with Crippen LogP contribution in [0.25, 0.3) is 0 Å². The summed E-state index contributed by atoms with van der Waals surface area (Å²) in [6, 6.07) is 4.21. The van der Waals surface area contributed by atoms with Gasteiger partial charge in [0.15, 0.2) is 17.5 Å². The average Bonchev–Trinajstić information content (AvgIpc) is 3.55. The first-order valence-electron chi connectivity index (χ1n) is 16.1. The lowest BCUT2D eigenvalue weighted by Crippen LogP contribution is -2.54. The van der Waals surface area contributed by atoms with Crippen molar-refractivity contribution >= 4 is 17.5 Å². The number of amides is 1. The van der Waals surface area contributed by atoms with Gasteiger partial charge < -0.3 is 9.64 Å². The van der Waals surface area contributed by atoms with Gasteiger partial charge in [-0.2, -0.15) is 5.10 Å². The molecule has 2 fully saturated rings. The van der Waals surface area contributed by atoms with E-state index in [2.05, 4.69) is 42.7 Å². The molecule has 0 bridgehead atoms. The number of hydrogen-bond donors (Lipinski definition) is 0. The van der Waals surface area contributed by atoms with Gasteiger partial charge in [0.2, 0.25) is 5.91 Å². The van der Waals surface area contributed by atoms with E-state index >= 15 is 4.39 Å². The van der Waals surface area contributed by atoms with Crippen LogP contribution in [0.3, 0.4) is 0 Å². The van der Waals surface area contributed by atoms with E-state index in [1.54, 1.807) is 11.0 Å². The van der Waals surface area contributed by atoms with E-state index in [0.717, 1.165) is 28.8 Å². The molecule has 1 aromatic carbocycles. The SMILES string of the molecule is Cc1nc2c(cc1Cl)[C@@H](C(C)Cc1ncnn1C)OC21CCN(C(=O)[C@@H]2CCN(C(C)(C)C)C[C@H]2c2ccc(F)c(F)c2F)CC1. The van der Waals surface area contributed by atoms with Gasteiger partial charge in [0.1, 0.15) is 17.8 Å².